The monoisotopic (exact) mass is 638 g/mol. The van der Waals surface area contributed by atoms with Crippen molar-refractivity contribution in [1.82, 2.24) is 20.9 Å². The molecule has 4 amide bonds. The number of nitrogens with zero attached hydrogens (tertiary/aromatic N) is 1. The zero-order valence-electron chi connectivity index (χ0n) is 26.0. The Hall–Kier alpha value is -3.68. The molecule has 3 fully saturated rings. The largest absolute Gasteiger partial charge is 0.522 e. The van der Waals surface area contributed by atoms with Crippen LogP contribution >= 0.6 is 0 Å². The molecule has 3 aliphatic rings. The number of alkyl halides is 3. The van der Waals surface area contributed by atoms with E-state index in [1.807, 2.05) is 19.9 Å². The molecule has 2 saturated heterocycles. The van der Waals surface area contributed by atoms with Crippen molar-refractivity contribution in [3.05, 3.63) is 35.9 Å². The van der Waals surface area contributed by atoms with Gasteiger partial charge in [-0.3, -0.25) is 23.9 Å². The van der Waals surface area contributed by atoms with Crippen molar-refractivity contribution in [2.24, 2.45) is 28.6 Å². The van der Waals surface area contributed by atoms with Crippen LogP contribution in [-0.4, -0.2) is 78.7 Å². The lowest BCUT2D eigenvalue weighted by molar-refractivity contribution is -0.321. The number of hydrogen-bond donors (Lipinski definition) is 3. The summed E-state index contributed by atoms with van der Waals surface area (Å²) in [7, 11) is 0. The Morgan fingerprint density at radius 1 is 1.09 bits per heavy atom. The van der Waals surface area contributed by atoms with Gasteiger partial charge in [0.15, 0.2) is 5.78 Å². The summed E-state index contributed by atoms with van der Waals surface area (Å²) in [6.07, 6.45) is -5.74. The number of Topliss-reactive ketones (excluding diaryl/α,β-unsaturated/α-hetero) is 1. The molecule has 0 unspecified atom stereocenters. The second kappa shape index (κ2) is 13.0. The van der Waals surface area contributed by atoms with E-state index in [9.17, 15) is 37.1 Å². The average molecular weight is 639 g/mol. The number of amides is 4. The zero-order valence-corrected chi connectivity index (χ0v) is 26.0. The summed E-state index contributed by atoms with van der Waals surface area (Å²) in [5, 5.41) is 7.82. The number of ketones is 1. The molecule has 4 rings (SSSR count). The number of alkyl carbamates (subject to hydrolysis) is 1. The number of rotatable bonds is 11. The minimum absolute atomic E-state index is 0.0166. The van der Waals surface area contributed by atoms with E-state index in [1.165, 1.54) is 4.90 Å². The predicted octanol–water partition coefficient (Wildman–Crippen LogP) is 2.93. The first-order valence-electron chi connectivity index (χ1n) is 15.0. The third kappa shape index (κ3) is 8.13. The van der Waals surface area contributed by atoms with E-state index >= 15 is 0 Å². The number of halogens is 3. The van der Waals surface area contributed by atoms with E-state index in [2.05, 4.69) is 20.7 Å². The Bertz CT molecular complexity index is 1300. The highest BCUT2D eigenvalue weighted by molar-refractivity contribution is 5.96. The van der Waals surface area contributed by atoms with Crippen LogP contribution in [0.3, 0.4) is 0 Å². The molecule has 1 aromatic carbocycles. The smallest absolute Gasteiger partial charge is 0.445 e. The van der Waals surface area contributed by atoms with Crippen LogP contribution in [0, 0.1) is 28.6 Å². The number of likely N-dealkylation sites (tertiary alicyclic amines) is 1. The summed E-state index contributed by atoms with van der Waals surface area (Å²) in [6.45, 7) is 8.37. The van der Waals surface area contributed by atoms with Crippen LogP contribution in [-0.2, 0) is 35.3 Å². The van der Waals surface area contributed by atoms with E-state index < -0.39 is 66.1 Å². The van der Waals surface area contributed by atoms with Gasteiger partial charge >= 0.3 is 12.5 Å². The van der Waals surface area contributed by atoms with Gasteiger partial charge in [-0.2, -0.15) is 0 Å². The predicted molar refractivity (Wildman–Crippen MR) is 154 cm³/mol. The number of nitrogens with one attached hydrogen (secondary N) is 3. The molecular weight excluding hydrogens is 597 g/mol. The van der Waals surface area contributed by atoms with E-state index in [1.54, 1.807) is 45.0 Å². The molecule has 1 aromatic rings. The Kier molecular flexibility index (Phi) is 9.86. The maximum absolute atomic E-state index is 14.1. The summed E-state index contributed by atoms with van der Waals surface area (Å²) >= 11 is 0. The number of ether oxygens (including phenoxy) is 2. The van der Waals surface area contributed by atoms with Gasteiger partial charge in [-0.1, -0.05) is 65.0 Å². The lowest BCUT2D eigenvalue weighted by Gasteiger charge is -2.37. The maximum Gasteiger partial charge on any atom is 0.522 e. The molecule has 2 aliphatic heterocycles. The third-order valence-electron chi connectivity index (χ3n) is 9.11. The van der Waals surface area contributed by atoms with Gasteiger partial charge in [-0.25, -0.2) is 4.79 Å². The minimum Gasteiger partial charge on any atom is -0.445 e. The van der Waals surface area contributed by atoms with Crippen LogP contribution in [0.5, 0.6) is 0 Å². The molecule has 1 saturated carbocycles. The molecule has 0 radical (unpaired) electrons. The molecule has 248 valence electrons. The van der Waals surface area contributed by atoms with Gasteiger partial charge in [0.25, 0.3) is 0 Å². The minimum atomic E-state index is -5.06. The number of hydrogen-bond acceptors (Lipinski definition) is 7. The van der Waals surface area contributed by atoms with Crippen molar-refractivity contribution in [1.29, 1.82) is 0 Å². The molecule has 2 heterocycles. The van der Waals surface area contributed by atoms with Crippen LogP contribution in [0.15, 0.2) is 30.3 Å². The highest BCUT2D eigenvalue weighted by Gasteiger charge is 2.70. The number of benzene rings is 1. The van der Waals surface area contributed by atoms with E-state index in [4.69, 9.17) is 4.74 Å². The van der Waals surface area contributed by atoms with Gasteiger partial charge < -0.3 is 25.6 Å². The van der Waals surface area contributed by atoms with Crippen LogP contribution < -0.4 is 16.0 Å². The summed E-state index contributed by atoms with van der Waals surface area (Å²) in [4.78, 5) is 67.2. The lowest BCUT2D eigenvalue weighted by Crippen LogP contribution is -2.60. The first-order valence-corrected chi connectivity index (χ1v) is 15.0. The summed E-state index contributed by atoms with van der Waals surface area (Å²) in [5.41, 5.74) is -0.359. The van der Waals surface area contributed by atoms with Crippen molar-refractivity contribution in [3.8, 4) is 0 Å². The topological polar surface area (TPSA) is 143 Å². The van der Waals surface area contributed by atoms with Crippen molar-refractivity contribution in [3.63, 3.8) is 0 Å². The third-order valence-corrected chi connectivity index (χ3v) is 9.11. The van der Waals surface area contributed by atoms with Crippen LogP contribution in [0.1, 0.15) is 53.0 Å². The second-order valence-corrected chi connectivity index (χ2v) is 13.7. The lowest BCUT2D eigenvalue weighted by atomic mass is 9.85. The highest BCUT2D eigenvalue weighted by Crippen LogP contribution is 2.65. The molecular formula is C31H41F3N4O7. The number of carbonyl (C=O) groups is 5. The molecule has 14 heteroatoms. The molecule has 45 heavy (non-hydrogen) atoms. The fraction of sp³-hybridized carbons (Fsp3) is 0.645. The van der Waals surface area contributed by atoms with E-state index in [0.717, 1.165) is 5.56 Å². The van der Waals surface area contributed by atoms with Gasteiger partial charge in [0.1, 0.15) is 25.3 Å². The Balaban J connectivity index is 1.52. The van der Waals surface area contributed by atoms with Gasteiger partial charge in [-0.15, -0.1) is 13.2 Å². The molecule has 6 atom stereocenters. The maximum atomic E-state index is 14.1. The van der Waals surface area contributed by atoms with Crippen molar-refractivity contribution >= 4 is 29.6 Å². The Labute approximate surface area is 259 Å². The van der Waals surface area contributed by atoms with Gasteiger partial charge in [0.05, 0.1) is 6.04 Å². The van der Waals surface area contributed by atoms with Gasteiger partial charge in [0.2, 0.25) is 17.7 Å². The Morgan fingerprint density at radius 3 is 2.33 bits per heavy atom. The fourth-order valence-corrected chi connectivity index (χ4v) is 6.45. The molecule has 1 aliphatic carbocycles. The van der Waals surface area contributed by atoms with Crippen molar-refractivity contribution in [2.45, 2.75) is 78.6 Å². The van der Waals surface area contributed by atoms with Gasteiger partial charge in [0, 0.05) is 19.0 Å². The number of fused-ring (bicyclic) bond motifs is 1. The van der Waals surface area contributed by atoms with Crippen LogP contribution in [0.2, 0.25) is 0 Å². The zero-order chi connectivity index (χ0) is 33.3. The molecule has 0 spiro atoms. The summed E-state index contributed by atoms with van der Waals surface area (Å²) in [5.74, 6) is -3.68. The number of piperidine rings is 1. The highest BCUT2D eigenvalue weighted by atomic mass is 19.4. The summed E-state index contributed by atoms with van der Waals surface area (Å²) in [6, 6.07) is 5.40. The first-order chi connectivity index (χ1) is 20.9. The summed E-state index contributed by atoms with van der Waals surface area (Å²) < 4.78 is 47.2. The fourth-order valence-electron chi connectivity index (χ4n) is 6.45. The molecule has 3 N–H and O–H groups in total. The average Bonchev–Trinajstić information content (AvgIpc) is 3.29. The van der Waals surface area contributed by atoms with Crippen molar-refractivity contribution < 1.29 is 46.6 Å². The van der Waals surface area contributed by atoms with Gasteiger partial charge in [-0.05, 0) is 41.1 Å². The van der Waals surface area contributed by atoms with Crippen molar-refractivity contribution in [2.75, 3.05) is 19.7 Å². The van der Waals surface area contributed by atoms with Crippen LogP contribution in [0.25, 0.3) is 0 Å². The molecule has 0 aromatic heterocycles. The normalized spacial score (nSPS) is 25.1. The van der Waals surface area contributed by atoms with Crippen LogP contribution in [0.4, 0.5) is 18.0 Å². The number of carbonyl (C=O) groups excluding carboxylic acids is 5. The van der Waals surface area contributed by atoms with E-state index in [-0.39, 0.29) is 42.7 Å². The molecule has 0 bridgehead atoms. The Morgan fingerprint density at radius 2 is 1.76 bits per heavy atom. The molecule has 11 nitrogen and oxygen atoms in total. The second-order valence-electron chi connectivity index (χ2n) is 13.7. The first kappa shape index (κ1) is 34.2. The SMILES string of the molecule is CC(C)(C)[C@H](NC(=O)OCc1ccccc1)C(=O)N1C[C@H]2[C@@H]([C@H]1C(=O)N[C@@H](C[C@@H]1CCNC1=O)C(=O)COC(F)(F)F)C2(C)C. The van der Waals surface area contributed by atoms with E-state index in [0.29, 0.717) is 13.0 Å². The quantitative estimate of drug-likeness (QED) is 0.338. The standard InChI is InChI=1S/C31H41F3N4O7/c1-29(2,3)24(37-28(43)44-15-17-9-7-6-8-10-17)27(42)38-14-19-22(30(19,4)5)23(38)26(41)36-20(13-18-11-12-35-25(18)40)21(39)16-45-31(32,33)34/h6-10,18-20,22-24H,11-16H2,1-5H3,(H,35,40)(H,36,41)(H,37,43)/t18-,19-,20-,22-,23-,24+/m0/s1.